The number of nitrogens with one attached hydrogen (secondary N) is 1. The summed E-state index contributed by atoms with van der Waals surface area (Å²) >= 11 is 4.71. The highest BCUT2D eigenvalue weighted by Gasteiger charge is 2.12. The van der Waals surface area contributed by atoms with Gasteiger partial charge in [0, 0.05) is 10.7 Å². The van der Waals surface area contributed by atoms with Gasteiger partial charge in [0.15, 0.2) is 5.82 Å². The van der Waals surface area contributed by atoms with E-state index < -0.39 is 11.5 Å². The van der Waals surface area contributed by atoms with E-state index in [1.165, 1.54) is 11.3 Å². The number of halogens is 1. The number of hydrogen-bond donors (Lipinski definition) is 2. The summed E-state index contributed by atoms with van der Waals surface area (Å²) in [4.78, 5) is 29.1. The predicted octanol–water partition coefficient (Wildman–Crippen LogP) is 1.96. The average Bonchev–Trinajstić information content (AvgIpc) is 2.63. The zero-order chi connectivity index (χ0) is 11.7. The normalized spacial score (nSPS) is 10.3. The van der Waals surface area contributed by atoms with Crippen molar-refractivity contribution in [3.05, 3.63) is 38.0 Å². The van der Waals surface area contributed by atoms with E-state index in [-0.39, 0.29) is 5.56 Å². The van der Waals surface area contributed by atoms with E-state index in [1.54, 1.807) is 0 Å². The van der Waals surface area contributed by atoms with Gasteiger partial charge in [-0.05, 0) is 27.4 Å². The van der Waals surface area contributed by atoms with E-state index in [1.807, 2.05) is 11.4 Å². The second-order valence-corrected chi connectivity index (χ2v) is 4.65. The third-order valence-corrected chi connectivity index (χ3v) is 3.71. The molecule has 0 atom stereocenters. The largest absolute Gasteiger partial charge is 0.477 e. The van der Waals surface area contributed by atoms with E-state index in [0.29, 0.717) is 5.82 Å². The van der Waals surface area contributed by atoms with Crippen LogP contribution in [-0.4, -0.2) is 21.0 Å². The number of H-pyrrole nitrogens is 1. The highest BCUT2D eigenvalue weighted by molar-refractivity contribution is 9.10. The molecule has 7 heteroatoms. The number of aromatic nitrogens is 2. The summed E-state index contributed by atoms with van der Waals surface area (Å²) in [5.41, 5.74) is -1.02. The van der Waals surface area contributed by atoms with Crippen LogP contribution in [0.1, 0.15) is 10.4 Å². The summed E-state index contributed by atoms with van der Waals surface area (Å²) in [6, 6.07) is 1.82. The molecular formula is C9H5BrN2O3S. The predicted molar refractivity (Wildman–Crippen MR) is 62.8 cm³/mol. The molecule has 0 spiro atoms. The van der Waals surface area contributed by atoms with Crippen molar-refractivity contribution in [1.82, 2.24) is 9.97 Å². The van der Waals surface area contributed by atoms with Gasteiger partial charge in [-0.25, -0.2) is 9.78 Å². The molecule has 0 aliphatic carbocycles. The number of thiophene rings is 1. The quantitative estimate of drug-likeness (QED) is 0.888. The molecule has 0 saturated carbocycles. The van der Waals surface area contributed by atoms with Crippen molar-refractivity contribution in [3.63, 3.8) is 0 Å². The van der Waals surface area contributed by atoms with Crippen LogP contribution in [0.4, 0.5) is 0 Å². The van der Waals surface area contributed by atoms with Crippen LogP contribution in [-0.2, 0) is 0 Å². The minimum atomic E-state index is -1.29. The van der Waals surface area contributed by atoms with Gasteiger partial charge >= 0.3 is 5.97 Å². The molecule has 2 rings (SSSR count). The van der Waals surface area contributed by atoms with E-state index in [9.17, 15) is 9.59 Å². The Bertz CT molecular complexity index is 605. The second kappa shape index (κ2) is 4.18. The van der Waals surface area contributed by atoms with Crippen LogP contribution in [0.3, 0.4) is 0 Å². The number of hydrogen-bond acceptors (Lipinski definition) is 4. The van der Waals surface area contributed by atoms with Crippen LogP contribution in [0.25, 0.3) is 10.7 Å². The number of nitrogens with zero attached hydrogens (tertiary/aromatic N) is 1. The van der Waals surface area contributed by atoms with E-state index in [0.717, 1.165) is 15.5 Å². The van der Waals surface area contributed by atoms with E-state index in [4.69, 9.17) is 5.11 Å². The Labute approximate surface area is 102 Å². The summed E-state index contributed by atoms with van der Waals surface area (Å²) in [5, 5.41) is 10.5. The SMILES string of the molecule is O=C(O)c1cnc(-c2sccc2Br)[nH]c1=O. The summed E-state index contributed by atoms with van der Waals surface area (Å²) in [5.74, 6) is -0.928. The molecule has 2 aromatic heterocycles. The lowest BCUT2D eigenvalue weighted by Gasteiger charge is -1.98. The third-order valence-electron chi connectivity index (χ3n) is 1.86. The molecule has 82 valence electrons. The van der Waals surface area contributed by atoms with Crippen molar-refractivity contribution in [2.24, 2.45) is 0 Å². The van der Waals surface area contributed by atoms with Gasteiger partial charge in [0.25, 0.3) is 5.56 Å². The molecule has 0 fully saturated rings. The molecule has 2 aromatic rings. The van der Waals surface area contributed by atoms with Crippen LogP contribution in [0.15, 0.2) is 26.9 Å². The Morgan fingerprint density at radius 2 is 2.31 bits per heavy atom. The standard InChI is InChI=1S/C9H5BrN2O3S/c10-5-1-2-16-6(5)7-11-3-4(9(14)15)8(13)12-7/h1-3H,(H,14,15)(H,11,12,13). The molecule has 0 aliphatic heterocycles. The fraction of sp³-hybridized carbons (Fsp3) is 0. The van der Waals surface area contributed by atoms with Crippen LogP contribution in [0, 0.1) is 0 Å². The molecule has 0 aromatic carbocycles. The summed E-state index contributed by atoms with van der Waals surface area (Å²) in [7, 11) is 0. The number of rotatable bonds is 2. The second-order valence-electron chi connectivity index (χ2n) is 2.88. The Morgan fingerprint density at radius 3 is 2.81 bits per heavy atom. The third kappa shape index (κ3) is 1.91. The summed E-state index contributed by atoms with van der Waals surface area (Å²) < 4.78 is 0.809. The minimum Gasteiger partial charge on any atom is -0.477 e. The lowest BCUT2D eigenvalue weighted by atomic mass is 10.3. The molecule has 0 amide bonds. The maximum atomic E-state index is 11.4. The lowest BCUT2D eigenvalue weighted by Crippen LogP contribution is -2.18. The van der Waals surface area contributed by atoms with Crippen molar-refractivity contribution in [3.8, 4) is 10.7 Å². The molecule has 0 unspecified atom stereocenters. The first kappa shape index (κ1) is 11.0. The summed E-state index contributed by atoms with van der Waals surface area (Å²) in [6.45, 7) is 0. The van der Waals surface area contributed by atoms with Crippen LogP contribution >= 0.6 is 27.3 Å². The van der Waals surface area contributed by atoms with Gasteiger partial charge in [-0.1, -0.05) is 0 Å². The fourth-order valence-electron chi connectivity index (χ4n) is 1.13. The van der Waals surface area contributed by atoms with Gasteiger partial charge in [0.05, 0.1) is 4.88 Å². The fourth-order valence-corrected chi connectivity index (χ4v) is 2.64. The van der Waals surface area contributed by atoms with Crippen molar-refractivity contribution in [2.45, 2.75) is 0 Å². The number of carbonyl (C=O) groups is 1. The topological polar surface area (TPSA) is 83.0 Å². The Hall–Kier alpha value is -1.47. The molecule has 16 heavy (non-hydrogen) atoms. The molecule has 0 bridgehead atoms. The number of carboxylic acid groups (broad SMARTS) is 1. The van der Waals surface area contributed by atoms with Crippen LogP contribution in [0.2, 0.25) is 0 Å². The number of carboxylic acids is 1. The molecular weight excluding hydrogens is 296 g/mol. The molecule has 0 aliphatic rings. The van der Waals surface area contributed by atoms with Crippen molar-refractivity contribution < 1.29 is 9.90 Å². The highest BCUT2D eigenvalue weighted by Crippen LogP contribution is 2.30. The molecule has 0 radical (unpaired) electrons. The lowest BCUT2D eigenvalue weighted by molar-refractivity contribution is 0.0694. The maximum Gasteiger partial charge on any atom is 0.342 e. The molecule has 2 heterocycles. The van der Waals surface area contributed by atoms with Crippen LogP contribution < -0.4 is 5.56 Å². The van der Waals surface area contributed by atoms with E-state index >= 15 is 0 Å². The highest BCUT2D eigenvalue weighted by atomic mass is 79.9. The van der Waals surface area contributed by atoms with Gasteiger partial charge in [0.1, 0.15) is 5.56 Å². The zero-order valence-corrected chi connectivity index (χ0v) is 10.1. The van der Waals surface area contributed by atoms with Crippen molar-refractivity contribution >= 4 is 33.2 Å². The first-order valence-corrected chi connectivity index (χ1v) is 5.83. The average molecular weight is 301 g/mol. The van der Waals surface area contributed by atoms with Gasteiger partial charge in [-0.15, -0.1) is 11.3 Å². The van der Waals surface area contributed by atoms with Crippen LogP contribution in [0.5, 0.6) is 0 Å². The Balaban J connectivity index is 2.55. The minimum absolute atomic E-state index is 0.358. The molecule has 5 nitrogen and oxygen atoms in total. The smallest absolute Gasteiger partial charge is 0.342 e. The van der Waals surface area contributed by atoms with Gasteiger partial charge in [0.2, 0.25) is 0 Å². The first-order chi connectivity index (χ1) is 7.59. The van der Waals surface area contributed by atoms with Gasteiger partial charge in [-0.3, -0.25) is 4.79 Å². The summed E-state index contributed by atoms with van der Waals surface area (Å²) in [6.07, 6.45) is 1.06. The number of aromatic carboxylic acids is 1. The first-order valence-electron chi connectivity index (χ1n) is 4.15. The Morgan fingerprint density at radius 1 is 1.56 bits per heavy atom. The van der Waals surface area contributed by atoms with E-state index in [2.05, 4.69) is 25.9 Å². The Kier molecular flexibility index (Phi) is 2.88. The molecule has 0 saturated heterocycles. The van der Waals surface area contributed by atoms with Crippen molar-refractivity contribution in [2.75, 3.05) is 0 Å². The van der Waals surface area contributed by atoms with Crippen molar-refractivity contribution in [1.29, 1.82) is 0 Å². The maximum absolute atomic E-state index is 11.4. The molecule has 2 N–H and O–H groups in total. The zero-order valence-electron chi connectivity index (χ0n) is 7.73. The monoisotopic (exact) mass is 300 g/mol. The van der Waals surface area contributed by atoms with Gasteiger partial charge < -0.3 is 10.1 Å². The number of aromatic amines is 1. The van der Waals surface area contributed by atoms with Gasteiger partial charge in [-0.2, -0.15) is 0 Å².